The molecular weight excluding hydrogens is 317 g/mol. The number of imidazole rings is 1. The fourth-order valence-corrected chi connectivity index (χ4v) is 3.19. The molecular formula is C17H21Cl2N3. The normalized spacial score (nSPS) is 20.9. The van der Waals surface area contributed by atoms with Crippen molar-refractivity contribution in [2.24, 2.45) is 11.3 Å². The minimum atomic E-state index is 0.397. The molecule has 1 aliphatic carbocycles. The zero-order valence-electron chi connectivity index (χ0n) is 13.0. The van der Waals surface area contributed by atoms with Crippen molar-refractivity contribution in [3.8, 4) is 12.8 Å². The van der Waals surface area contributed by atoms with Crippen LogP contribution in [0.1, 0.15) is 32.3 Å². The molecule has 0 aliphatic heterocycles. The van der Waals surface area contributed by atoms with Crippen molar-refractivity contribution < 1.29 is 0 Å². The van der Waals surface area contributed by atoms with Crippen LogP contribution in [0.25, 0.3) is 0 Å². The van der Waals surface area contributed by atoms with Gasteiger partial charge < -0.3 is 10.7 Å². The van der Waals surface area contributed by atoms with E-state index in [2.05, 4.69) is 43.6 Å². The summed E-state index contributed by atoms with van der Waals surface area (Å²) in [5.41, 5.74) is 6.79. The fraction of sp³-hybridized carbons (Fsp3) is 0.353. The van der Waals surface area contributed by atoms with Crippen LogP contribution >= 0.6 is 23.2 Å². The van der Waals surface area contributed by atoms with Gasteiger partial charge in [-0.15, -0.1) is 12.8 Å². The first-order valence-electron chi connectivity index (χ1n) is 6.86. The van der Waals surface area contributed by atoms with Crippen LogP contribution in [-0.2, 0) is 0 Å². The number of nitrogens with one attached hydrogen (secondary N) is 1. The van der Waals surface area contributed by atoms with Crippen molar-refractivity contribution in [3.05, 3.63) is 46.2 Å². The van der Waals surface area contributed by atoms with Gasteiger partial charge in [0.1, 0.15) is 0 Å². The molecule has 1 heterocycles. The Bertz CT molecular complexity index is 598. The highest BCUT2D eigenvalue weighted by Gasteiger charge is 2.55. The summed E-state index contributed by atoms with van der Waals surface area (Å²) in [6, 6.07) is 5.85. The topological polar surface area (TPSA) is 54.7 Å². The standard InChI is InChI=1S/C12H14Cl2.C3H5N3.C2H2/c1-7-11(12(7,2)3)8-4-9(13)6-10(14)5-8;4-3-5-1-2-6-3;1-2/h4-7,11H,1-3H3;1-2H,(H3,4,5,6);1-2H/t7?,11-;;/m0../s1. The van der Waals surface area contributed by atoms with E-state index in [1.54, 1.807) is 18.5 Å². The van der Waals surface area contributed by atoms with E-state index in [4.69, 9.17) is 28.9 Å². The van der Waals surface area contributed by atoms with E-state index in [1.807, 2.05) is 12.1 Å². The number of aromatic nitrogens is 2. The Morgan fingerprint density at radius 1 is 1.18 bits per heavy atom. The van der Waals surface area contributed by atoms with E-state index in [9.17, 15) is 0 Å². The fourth-order valence-electron chi connectivity index (χ4n) is 2.64. The van der Waals surface area contributed by atoms with Crippen LogP contribution in [-0.4, -0.2) is 9.97 Å². The largest absolute Gasteiger partial charge is 0.369 e. The Balaban J connectivity index is 0.000000253. The zero-order chi connectivity index (χ0) is 16.9. The van der Waals surface area contributed by atoms with Crippen LogP contribution in [0.5, 0.6) is 0 Å². The van der Waals surface area contributed by atoms with Crippen LogP contribution < -0.4 is 5.73 Å². The van der Waals surface area contributed by atoms with Crippen LogP contribution in [0.3, 0.4) is 0 Å². The highest BCUT2D eigenvalue weighted by atomic mass is 35.5. The number of rotatable bonds is 1. The molecule has 3 N–H and O–H groups in total. The molecule has 22 heavy (non-hydrogen) atoms. The number of nitrogens with zero attached hydrogens (tertiary/aromatic N) is 1. The van der Waals surface area contributed by atoms with Gasteiger partial charge in [-0.1, -0.05) is 44.0 Å². The van der Waals surface area contributed by atoms with E-state index in [-0.39, 0.29) is 0 Å². The Kier molecular flexibility index (Phi) is 6.34. The van der Waals surface area contributed by atoms with Gasteiger partial charge in [0.25, 0.3) is 0 Å². The van der Waals surface area contributed by atoms with Crippen LogP contribution in [0, 0.1) is 24.2 Å². The van der Waals surface area contributed by atoms with E-state index in [0.29, 0.717) is 17.3 Å². The number of benzene rings is 1. The van der Waals surface area contributed by atoms with Gasteiger partial charge in [0.05, 0.1) is 0 Å². The molecule has 3 nitrogen and oxygen atoms in total. The molecule has 0 spiro atoms. The summed E-state index contributed by atoms with van der Waals surface area (Å²) < 4.78 is 0. The predicted octanol–water partition coefficient (Wildman–Crippen LogP) is 4.99. The van der Waals surface area contributed by atoms with Gasteiger partial charge in [0.15, 0.2) is 5.95 Å². The Hall–Kier alpha value is -1.63. The maximum absolute atomic E-state index is 5.98. The monoisotopic (exact) mass is 337 g/mol. The number of hydrogen-bond donors (Lipinski definition) is 2. The summed E-state index contributed by atoms with van der Waals surface area (Å²) in [6.45, 7) is 6.85. The molecule has 0 bridgehead atoms. The first kappa shape index (κ1) is 18.4. The number of anilines is 1. The lowest BCUT2D eigenvalue weighted by Gasteiger charge is -2.04. The first-order valence-corrected chi connectivity index (χ1v) is 7.62. The predicted molar refractivity (Wildman–Crippen MR) is 95.0 cm³/mol. The minimum Gasteiger partial charge on any atom is -0.369 e. The number of nitrogen functional groups attached to an aromatic ring is 1. The number of terminal acetylenes is 1. The molecule has 2 aromatic rings. The number of H-pyrrole nitrogens is 1. The molecule has 1 aliphatic rings. The van der Waals surface area contributed by atoms with Crippen molar-refractivity contribution in [1.82, 2.24) is 9.97 Å². The smallest absolute Gasteiger partial charge is 0.197 e. The number of hydrogen-bond acceptors (Lipinski definition) is 2. The molecule has 118 valence electrons. The molecule has 1 unspecified atom stereocenters. The van der Waals surface area contributed by atoms with Gasteiger partial charge in [-0.3, -0.25) is 0 Å². The Morgan fingerprint density at radius 2 is 1.68 bits per heavy atom. The van der Waals surface area contributed by atoms with E-state index in [0.717, 1.165) is 16.0 Å². The molecule has 3 rings (SSSR count). The van der Waals surface area contributed by atoms with Crippen LogP contribution in [0.15, 0.2) is 30.6 Å². The summed E-state index contributed by atoms with van der Waals surface area (Å²) in [4.78, 5) is 6.31. The molecule has 2 atom stereocenters. The third-order valence-corrected chi connectivity index (χ3v) is 4.57. The number of halogens is 2. The third kappa shape index (κ3) is 4.43. The van der Waals surface area contributed by atoms with Gasteiger partial charge in [-0.2, -0.15) is 0 Å². The van der Waals surface area contributed by atoms with Gasteiger partial charge >= 0.3 is 0 Å². The highest BCUT2D eigenvalue weighted by Crippen LogP contribution is 2.64. The van der Waals surface area contributed by atoms with E-state index in [1.165, 1.54) is 5.56 Å². The SMILES string of the molecule is C#C.CC1[C@@H](c2cc(Cl)cc(Cl)c2)C1(C)C.Nc1ncc[nH]1. The van der Waals surface area contributed by atoms with Gasteiger partial charge in [-0.25, -0.2) is 4.98 Å². The zero-order valence-corrected chi connectivity index (χ0v) is 14.5. The molecule has 1 saturated carbocycles. The Labute approximate surface area is 142 Å². The summed E-state index contributed by atoms with van der Waals surface area (Å²) in [6.07, 6.45) is 11.3. The molecule has 0 saturated heterocycles. The second-order valence-electron chi connectivity index (χ2n) is 5.76. The van der Waals surface area contributed by atoms with Crippen LogP contribution in [0.4, 0.5) is 5.95 Å². The average molecular weight is 338 g/mol. The summed E-state index contributed by atoms with van der Waals surface area (Å²) >= 11 is 12.0. The number of nitrogens with two attached hydrogens (primary N) is 1. The molecule has 1 aromatic heterocycles. The van der Waals surface area contributed by atoms with E-state index < -0.39 is 0 Å². The molecule has 0 amide bonds. The average Bonchev–Trinajstić information content (AvgIpc) is 2.80. The lowest BCUT2D eigenvalue weighted by molar-refractivity contribution is 0.575. The maximum atomic E-state index is 5.98. The first-order chi connectivity index (χ1) is 10.3. The molecule has 1 aromatic carbocycles. The minimum absolute atomic E-state index is 0.397. The van der Waals surface area contributed by atoms with Gasteiger partial charge in [0, 0.05) is 22.4 Å². The second kappa shape index (κ2) is 7.58. The van der Waals surface area contributed by atoms with Gasteiger partial charge in [-0.05, 0) is 41.0 Å². The lowest BCUT2D eigenvalue weighted by Crippen LogP contribution is -1.90. The number of aromatic amines is 1. The maximum Gasteiger partial charge on any atom is 0.197 e. The summed E-state index contributed by atoms with van der Waals surface area (Å²) in [5, 5.41) is 1.48. The van der Waals surface area contributed by atoms with Crippen molar-refractivity contribution in [1.29, 1.82) is 0 Å². The molecule has 0 radical (unpaired) electrons. The van der Waals surface area contributed by atoms with Crippen molar-refractivity contribution in [3.63, 3.8) is 0 Å². The third-order valence-electron chi connectivity index (χ3n) is 4.13. The molecule has 5 heteroatoms. The Morgan fingerprint density at radius 3 is 1.95 bits per heavy atom. The van der Waals surface area contributed by atoms with Crippen molar-refractivity contribution in [2.75, 3.05) is 5.73 Å². The summed E-state index contributed by atoms with van der Waals surface area (Å²) in [7, 11) is 0. The second-order valence-corrected chi connectivity index (χ2v) is 6.64. The highest BCUT2D eigenvalue weighted by molar-refractivity contribution is 6.34. The lowest BCUT2D eigenvalue weighted by atomic mass is 10.0. The van der Waals surface area contributed by atoms with Gasteiger partial charge in [0.2, 0.25) is 0 Å². The molecule has 1 fully saturated rings. The van der Waals surface area contributed by atoms with Crippen LogP contribution in [0.2, 0.25) is 10.0 Å². The van der Waals surface area contributed by atoms with Crippen molar-refractivity contribution in [2.45, 2.75) is 26.7 Å². The quantitative estimate of drug-likeness (QED) is 0.720. The van der Waals surface area contributed by atoms with E-state index >= 15 is 0 Å². The summed E-state index contributed by atoms with van der Waals surface area (Å²) in [5.74, 6) is 1.80. The van der Waals surface area contributed by atoms with Crippen molar-refractivity contribution >= 4 is 29.2 Å².